The minimum Gasteiger partial charge on any atom is -0.346 e. The van der Waals surface area contributed by atoms with E-state index in [2.05, 4.69) is 5.32 Å². The molecule has 0 radical (unpaired) electrons. The summed E-state index contributed by atoms with van der Waals surface area (Å²) >= 11 is 0. The maximum atomic E-state index is 13.0. The summed E-state index contributed by atoms with van der Waals surface area (Å²) < 4.78 is 26.1. The molecule has 0 aliphatic carbocycles. The number of halogens is 2. The molecule has 2 rings (SSSR count). The Labute approximate surface area is 110 Å². The van der Waals surface area contributed by atoms with E-state index in [4.69, 9.17) is 0 Å². The van der Waals surface area contributed by atoms with Crippen molar-refractivity contribution in [3.63, 3.8) is 0 Å². The third-order valence-electron chi connectivity index (χ3n) is 2.73. The van der Waals surface area contributed by atoms with Crippen molar-refractivity contribution < 1.29 is 13.4 Å². The third kappa shape index (κ3) is 3.41. The lowest BCUT2D eigenvalue weighted by atomic mass is 9.80. The SMILES string of the molecule is O=C(NC(B(F)F)c1ccccc1)c1ccccc1. The van der Waals surface area contributed by atoms with Gasteiger partial charge >= 0.3 is 7.27 Å². The number of benzene rings is 2. The summed E-state index contributed by atoms with van der Waals surface area (Å²) in [6.07, 6.45) is 0. The van der Waals surface area contributed by atoms with E-state index in [1.54, 1.807) is 60.7 Å². The topological polar surface area (TPSA) is 29.1 Å². The van der Waals surface area contributed by atoms with Gasteiger partial charge in [-0.3, -0.25) is 13.4 Å². The van der Waals surface area contributed by atoms with Crippen molar-refractivity contribution in [2.24, 2.45) is 0 Å². The van der Waals surface area contributed by atoms with Crippen molar-refractivity contribution in [2.45, 2.75) is 5.94 Å². The molecule has 5 heteroatoms. The fraction of sp³-hybridized carbons (Fsp3) is 0.0714. The summed E-state index contributed by atoms with van der Waals surface area (Å²) in [5.74, 6) is -1.80. The van der Waals surface area contributed by atoms with Crippen LogP contribution in [0.5, 0.6) is 0 Å². The summed E-state index contributed by atoms with van der Waals surface area (Å²) in [7, 11) is -2.66. The molecule has 1 atom stereocenters. The van der Waals surface area contributed by atoms with Gasteiger partial charge in [0.05, 0.1) is 5.94 Å². The van der Waals surface area contributed by atoms with Crippen molar-refractivity contribution in [1.29, 1.82) is 0 Å². The van der Waals surface area contributed by atoms with Crippen molar-refractivity contribution in [1.82, 2.24) is 5.32 Å². The van der Waals surface area contributed by atoms with Crippen molar-refractivity contribution in [3.05, 3.63) is 71.8 Å². The van der Waals surface area contributed by atoms with E-state index in [9.17, 15) is 13.4 Å². The van der Waals surface area contributed by atoms with Crippen molar-refractivity contribution in [3.8, 4) is 0 Å². The van der Waals surface area contributed by atoms with Crippen LogP contribution in [0.2, 0.25) is 0 Å². The number of rotatable bonds is 4. The van der Waals surface area contributed by atoms with Gasteiger partial charge in [-0.15, -0.1) is 0 Å². The number of nitrogens with one attached hydrogen (secondary N) is 1. The Hall–Kier alpha value is -2.17. The zero-order valence-electron chi connectivity index (χ0n) is 10.1. The molecule has 0 spiro atoms. The summed E-state index contributed by atoms with van der Waals surface area (Å²) in [6.45, 7) is 0. The molecular formula is C14H12BF2NO. The Morgan fingerprint density at radius 1 is 0.947 bits per heavy atom. The standard InChI is InChI=1S/C14H12BF2NO/c16-15(17)13(11-7-3-1-4-8-11)18-14(19)12-9-5-2-6-10-12/h1-10,13H,(H,18,19). The molecule has 2 nitrogen and oxygen atoms in total. The van der Waals surface area contributed by atoms with E-state index >= 15 is 0 Å². The Balaban J connectivity index is 2.17. The van der Waals surface area contributed by atoms with Gasteiger partial charge in [0.25, 0.3) is 5.91 Å². The summed E-state index contributed by atoms with van der Waals surface area (Å²) in [5.41, 5.74) is 0.755. The molecule has 1 amide bonds. The predicted molar refractivity (Wildman–Crippen MR) is 71.1 cm³/mol. The molecule has 0 heterocycles. The molecule has 0 saturated heterocycles. The zero-order chi connectivity index (χ0) is 13.7. The van der Waals surface area contributed by atoms with E-state index in [0.717, 1.165) is 0 Å². The number of carbonyl (C=O) groups is 1. The first kappa shape index (κ1) is 13.3. The van der Waals surface area contributed by atoms with Gasteiger partial charge in [-0.1, -0.05) is 48.5 Å². The van der Waals surface area contributed by atoms with E-state index < -0.39 is 19.1 Å². The van der Waals surface area contributed by atoms with Gasteiger partial charge in [0.1, 0.15) is 0 Å². The van der Waals surface area contributed by atoms with Gasteiger partial charge in [-0.05, 0) is 17.7 Å². The number of amides is 1. The maximum Gasteiger partial charge on any atom is 0.564 e. The lowest BCUT2D eigenvalue weighted by Gasteiger charge is -2.16. The lowest BCUT2D eigenvalue weighted by Crippen LogP contribution is -2.35. The van der Waals surface area contributed by atoms with Crippen LogP contribution >= 0.6 is 0 Å². The predicted octanol–water partition coefficient (Wildman–Crippen LogP) is 3.12. The maximum absolute atomic E-state index is 13.0. The molecule has 0 fully saturated rings. The first-order chi connectivity index (χ1) is 9.18. The average molecular weight is 259 g/mol. The molecule has 0 aliphatic heterocycles. The normalized spacial score (nSPS) is 11.7. The van der Waals surface area contributed by atoms with Crippen LogP contribution in [-0.4, -0.2) is 13.2 Å². The molecule has 1 N–H and O–H groups in total. The fourth-order valence-electron chi connectivity index (χ4n) is 1.77. The Kier molecular flexibility index (Phi) is 4.28. The van der Waals surface area contributed by atoms with Gasteiger partial charge in [-0.2, -0.15) is 0 Å². The molecule has 0 aliphatic rings. The number of hydrogen-bond acceptors (Lipinski definition) is 1. The smallest absolute Gasteiger partial charge is 0.346 e. The van der Waals surface area contributed by atoms with Crippen LogP contribution in [0.1, 0.15) is 21.9 Å². The lowest BCUT2D eigenvalue weighted by molar-refractivity contribution is 0.0945. The summed E-state index contributed by atoms with van der Waals surface area (Å²) in [5, 5.41) is 2.36. The highest BCUT2D eigenvalue weighted by molar-refractivity contribution is 6.45. The average Bonchev–Trinajstić information content (AvgIpc) is 2.46. The molecule has 2 aromatic rings. The van der Waals surface area contributed by atoms with Gasteiger partial charge in [0, 0.05) is 5.56 Å². The van der Waals surface area contributed by atoms with E-state index in [0.29, 0.717) is 11.1 Å². The molecular weight excluding hydrogens is 247 g/mol. The van der Waals surface area contributed by atoms with Gasteiger partial charge in [0.2, 0.25) is 0 Å². The summed E-state index contributed by atoms with van der Waals surface area (Å²) in [4.78, 5) is 11.9. The largest absolute Gasteiger partial charge is 0.564 e. The Morgan fingerprint density at radius 3 is 2.00 bits per heavy atom. The van der Waals surface area contributed by atoms with E-state index in [1.165, 1.54) is 0 Å². The second-order valence-corrected chi connectivity index (χ2v) is 4.06. The van der Waals surface area contributed by atoms with Crippen LogP contribution in [-0.2, 0) is 0 Å². The van der Waals surface area contributed by atoms with E-state index in [1.807, 2.05) is 0 Å². The molecule has 0 saturated carbocycles. The quantitative estimate of drug-likeness (QED) is 0.839. The fourth-order valence-corrected chi connectivity index (χ4v) is 1.77. The Bertz CT molecular complexity index is 534. The number of hydrogen-bond donors (Lipinski definition) is 1. The first-order valence-corrected chi connectivity index (χ1v) is 5.87. The first-order valence-electron chi connectivity index (χ1n) is 5.87. The second-order valence-electron chi connectivity index (χ2n) is 4.06. The van der Waals surface area contributed by atoms with Crippen LogP contribution in [0.3, 0.4) is 0 Å². The minimum atomic E-state index is -2.66. The molecule has 0 aromatic heterocycles. The van der Waals surface area contributed by atoms with Crippen molar-refractivity contribution in [2.75, 3.05) is 0 Å². The van der Waals surface area contributed by atoms with Crippen LogP contribution < -0.4 is 5.32 Å². The highest BCUT2D eigenvalue weighted by Gasteiger charge is 2.30. The molecule has 19 heavy (non-hydrogen) atoms. The zero-order valence-corrected chi connectivity index (χ0v) is 10.1. The van der Waals surface area contributed by atoms with E-state index in [-0.39, 0.29) is 0 Å². The second kappa shape index (κ2) is 6.13. The molecule has 2 aromatic carbocycles. The third-order valence-corrected chi connectivity index (χ3v) is 2.73. The highest BCUT2D eigenvalue weighted by Crippen LogP contribution is 2.18. The van der Waals surface area contributed by atoms with Gasteiger partial charge in [0.15, 0.2) is 0 Å². The van der Waals surface area contributed by atoms with Crippen LogP contribution in [0.15, 0.2) is 60.7 Å². The number of carbonyl (C=O) groups excluding carboxylic acids is 1. The van der Waals surface area contributed by atoms with Gasteiger partial charge in [-0.25, -0.2) is 0 Å². The van der Waals surface area contributed by atoms with Crippen LogP contribution in [0.25, 0.3) is 0 Å². The van der Waals surface area contributed by atoms with Crippen LogP contribution in [0, 0.1) is 0 Å². The van der Waals surface area contributed by atoms with Crippen molar-refractivity contribution >= 4 is 13.2 Å². The molecule has 1 unspecified atom stereocenters. The minimum absolute atomic E-state index is 0.365. The summed E-state index contributed by atoms with van der Waals surface area (Å²) in [6, 6.07) is 16.5. The monoisotopic (exact) mass is 259 g/mol. The molecule has 96 valence electrons. The van der Waals surface area contributed by atoms with Crippen LogP contribution in [0.4, 0.5) is 8.63 Å². The molecule has 0 bridgehead atoms. The van der Waals surface area contributed by atoms with Gasteiger partial charge < -0.3 is 5.32 Å². The Morgan fingerprint density at radius 2 is 1.47 bits per heavy atom. The highest BCUT2D eigenvalue weighted by atomic mass is 19.2.